The van der Waals surface area contributed by atoms with Crippen LogP contribution < -0.4 is 16.1 Å². The lowest BCUT2D eigenvalue weighted by atomic mass is 10.0. The minimum atomic E-state index is -0.925. The Hall–Kier alpha value is -3.05. The van der Waals surface area contributed by atoms with Crippen LogP contribution in [-0.2, 0) is 6.42 Å². The maximum absolute atomic E-state index is 13.8. The van der Waals surface area contributed by atoms with E-state index in [2.05, 4.69) is 15.6 Å². The zero-order valence-electron chi connectivity index (χ0n) is 17.7. The maximum atomic E-state index is 13.8. The molecule has 4 rings (SSSR count). The summed E-state index contributed by atoms with van der Waals surface area (Å²) >= 11 is 0.597. The monoisotopic (exact) mass is 475 g/mol. The van der Waals surface area contributed by atoms with E-state index >= 15 is 0 Å². The number of rotatable bonds is 6. The fourth-order valence-electron chi connectivity index (χ4n) is 4.48. The molecule has 1 aromatic heterocycles. The second-order valence-corrected chi connectivity index (χ2v) is 9.44. The van der Waals surface area contributed by atoms with Crippen LogP contribution in [0.3, 0.4) is 0 Å². The van der Waals surface area contributed by atoms with Gasteiger partial charge in [0.1, 0.15) is 16.7 Å². The number of pyridine rings is 1. The van der Waals surface area contributed by atoms with Crippen LogP contribution in [0, 0.1) is 34.3 Å². The number of hydrogen-bond acceptors (Lipinski definition) is 7. The second-order valence-electron chi connectivity index (χ2n) is 8.34. The molecule has 2 aliphatic carbocycles. The smallest absolute Gasteiger partial charge is 0.273 e. The van der Waals surface area contributed by atoms with Gasteiger partial charge in [0.2, 0.25) is 5.43 Å². The minimum absolute atomic E-state index is 0.0775. The predicted octanol–water partition coefficient (Wildman–Crippen LogP) is 2.71. The molecule has 33 heavy (non-hydrogen) atoms. The van der Waals surface area contributed by atoms with E-state index in [4.69, 9.17) is 10.8 Å². The van der Waals surface area contributed by atoms with Crippen molar-refractivity contribution in [2.45, 2.75) is 31.3 Å². The van der Waals surface area contributed by atoms with Crippen molar-refractivity contribution in [3.8, 4) is 5.75 Å². The van der Waals surface area contributed by atoms with Crippen LogP contribution in [0.2, 0.25) is 0 Å². The molecule has 2 saturated carbocycles. The van der Waals surface area contributed by atoms with Crippen LogP contribution in [0.15, 0.2) is 29.2 Å². The highest BCUT2D eigenvalue weighted by Crippen LogP contribution is 2.56. The quantitative estimate of drug-likeness (QED) is 0.216. The number of aromatic nitrogens is 1. The van der Waals surface area contributed by atoms with E-state index in [1.54, 1.807) is 7.05 Å². The molecule has 8 nitrogen and oxygen atoms in total. The van der Waals surface area contributed by atoms with Crippen molar-refractivity contribution in [1.82, 2.24) is 15.6 Å². The summed E-state index contributed by atoms with van der Waals surface area (Å²) in [6.07, 6.45) is 3.71. The molecule has 2 aromatic rings. The molecule has 0 saturated heterocycles. The SMILES string of the molecule is CNC1(NC(=O)c2[nH]cc(C(=N)SC(=N)Cc3ccc(F)cc3F)c(=O)c2O)CCC2CC21. The number of thioether (sulfide) groups is 1. The van der Waals surface area contributed by atoms with Gasteiger partial charge in [-0.2, -0.15) is 0 Å². The first-order valence-electron chi connectivity index (χ1n) is 10.4. The lowest BCUT2D eigenvalue weighted by molar-refractivity contribution is 0.0858. The molecular weight excluding hydrogens is 452 g/mol. The number of H-pyrrole nitrogens is 1. The van der Waals surface area contributed by atoms with Crippen LogP contribution in [0.5, 0.6) is 5.75 Å². The number of hydrogen-bond donors (Lipinski definition) is 6. The molecule has 6 N–H and O–H groups in total. The highest BCUT2D eigenvalue weighted by atomic mass is 32.2. The van der Waals surface area contributed by atoms with Crippen molar-refractivity contribution in [2.24, 2.45) is 11.8 Å². The topological polar surface area (TPSA) is 142 Å². The molecule has 0 aliphatic heterocycles. The van der Waals surface area contributed by atoms with Gasteiger partial charge in [-0.3, -0.25) is 25.7 Å². The zero-order valence-corrected chi connectivity index (χ0v) is 18.5. The Morgan fingerprint density at radius 2 is 2.12 bits per heavy atom. The van der Waals surface area contributed by atoms with Crippen LogP contribution in [0.1, 0.15) is 40.9 Å². The number of nitrogens with one attached hydrogen (secondary N) is 5. The minimum Gasteiger partial charge on any atom is -0.503 e. The van der Waals surface area contributed by atoms with Crippen molar-refractivity contribution in [2.75, 3.05) is 7.05 Å². The molecule has 3 atom stereocenters. The Balaban J connectivity index is 1.46. The Morgan fingerprint density at radius 3 is 2.73 bits per heavy atom. The summed E-state index contributed by atoms with van der Waals surface area (Å²) in [7, 11) is 1.76. The molecule has 0 spiro atoms. The van der Waals surface area contributed by atoms with Crippen molar-refractivity contribution in [1.29, 1.82) is 10.8 Å². The van der Waals surface area contributed by atoms with Gasteiger partial charge in [-0.15, -0.1) is 0 Å². The molecule has 174 valence electrons. The molecule has 0 bridgehead atoms. The maximum Gasteiger partial charge on any atom is 0.273 e. The third-order valence-corrected chi connectivity index (χ3v) is 7.18. The second kappa shape index (κ2) is 8.71. The average molecular weight is 476 g/mol. The first kappa shape index (κ1) is 23.1. The van der Waals surface area contributed by atoms with Crippen molar-refractivity contribution in [3.05, 3.63) is 63.1 Å². The Labute approximate surface area is 192 Å². The van der Waals surface area contributed by atoms with Gasteiger partial charge in [0.05, 0.1) is 16.3 Å². The summed E-state index contributed by atoms with van der Waals surface area (Å²) in [6.45, 7) is 0. The number of aromatic hydroxyl groups is 1. The first-order valence-corrected chi connectivity index (χ1v) is 11.2. The summed E-state index contributed by atoms with van der Waals surface area (Å²) in [6, 6.07) is 2.99. The lowest BCUT2D eigenvalue weighted by Crippen LogP contribution is -2.58. The Kier molecular flexibility index (Phi) is 6.10. The Morgan fingerprint density at radius 1 is 1.36 bits per heavy atom. The van der Waals surface area contributed by atoms with Crippen LogP contribution in [0.25, 0.3) is 0 Å². The van der Waals surface area contributed by atoms with Gasteiger partial charge in [-0.05, 0) is 49.8 Å². The Bertz CT molecular complexity index is 1220. The van der Waals surface area contributed by atoms with Gasteiger partial charge in [-0.1, -0.05) is 17.8 Å². The number of fused-ring (bicyclic) bond motifs is 1. The normalized spacial score (nSPS) is 23.1. The first-order chi connectivity index (χ1) is 15.6. The largest absolute Gasteiger partial charge is 0.503 e. The molecule has 2 fully saturated rings. The highest BCUT2D eigenvalue weighted by Gasteiger charge is 2.58. The van der Waals surface area contributed by atoms with Gasteiger partial charge >= 0.3 is 0 Å². The van der Waals surface area contributed by atoms with E-state index in [0.717, 1.165) is 31.5 Å². The van der Waals surface area contributed by atoms with E-state index in [1.165, 1.54) is 6.07 Å². The van der Waals surface area contributed by atoms with Gasteiger partial charge in [0, 0.05) is 18.7 Å². The third-order valence-electron chi connectivity index (χ3n) is 6.37. The average Bonchev–Trinajstić information content (AvgIpc) is 3.48. The van der Waals surface area contributed by atoms with E-state index in [9.17, 15) is 23.5 Å². The molecule has 11 heteroatoms. The standard InChI is InChI=1S/C22H23F2N5O3S/c1-27-22(5-4-10-6-14(10)22)29-21(32)17-19(31)18(30)13(9-28-17)20(26)33-16(25)7-11-2-3-12(23)8-15(11)24/h2-3,8-10,14,25-27,31H,4-7H2,1H3,(H,28,30)(H,29,32). The van der Waals surface area contributed by atoms with Crippen LogP contribution in [-0.4, -0.2) is 38.8 Å². The fourth-order valence-corrected chi connectivity index (χ4v) is 5.21. The molecule has 1 aromatic carbocycles. The van der Waals surface area contributed by atoms with Crippen molar-refractivity contribution in [3.63, 3.8) is 0 Å². The van der Waals surface area contributed by atoms with Gasteiger partial charge in [-0.25, -0.2) is 8.78 Å². The van der Waals surface area contributed by atoms with E-state index in [0.29, 0.717) is 29.7 Å². The number of aromatic amines is 1. The number of carbonyl (C=O) groups excluding carboxylic acids is 1. The predicted molar refractivity (Wildman–Crippen MR) is 121 cm³/mol. The van der Waals surface area contributed by atoms with Crippen molar-refractivity contribution < 1.29 is 18.7 Å². The summed E-state index contributed by atoms with van der Waals surface area (Å²) in [5, 5.41) is 32.1. The fraction of sp³-hybridized carbons (Fsp3) is 0.364. The molecular formula is C22H23F2N5O3S. The van der Waals surface area contributed by atoms with Gasteiger partial charge in [0.25, 0.3) is 5.91 Å². The van der Waals surface area contributed by atoms with E-state index < -0.39 is 34.4 Å². The lowest BCUT2D eigenvalue weighted by Gasteiger charge is -2.32. The van der Waals surface area contributed by atoms with Gasteiger partial charge in [0.15, 0.2) is 11.4 Å². The van der Waals surface area contributed by atoms with Crippen LogP contribution in [0.4, 0.5) is 8.78 Å². The summed E-state index contributed by atoms with van der Waals surface area (Å²) in [5.41, 5.74) is -1.95. The van der Waals surface area contributed by atoms with Crippen LogP contribution >= 0.6 is 11.8 Å². The molecule has 1 amide bonds. The summed E-state index contributed by atoms with van der Waals surface area (Å²) < 4.78 is 26.8. The zero-order chi connectivity index (χ0) is 23.9. The van der Waals surface area contributed by atoms with Crippen molar-refractivity contribution >= 4 is 27.8 Å². The number of halogens is 2. The van der Waals surface area contributed by atoms with E-state index in [1.807, 2.05) is 0 Å². The number of carbonyl (C=O) groups is 1. The number of amides is 1. The third kappa shape index (κ3) is 4.42. The molecule has 2 aliphatic rings. The molecule has 3 unspecified atom stereocenters. The summed E-state index contributed by atoms with van der Waals surface area (Å²) in [4.78, 5) is 28.0. The number of benzene rings is 1. The molecule has 0 radical (unpaired) electrons. The van der Waals surface area contributed by atoms with Gasteiger partial charge < -0.3 is 15.4 Å². The summed E-state index contributed by atoms with van der Waals surface area (Å²) in [5.74, 6) is -2.10. The van der Waals surface area contributed by atoms with E-state index in [-0.39, 0.29) is 33.3 Å². The molecule has 1 heterocycles. The highest BCUT2D eigenvalue weighted by molar-refractivity contribution is 8.26.